The van der Waals surface area contributed by atoms with Crippen LogP contribution in [-0.4, -0.2) is 39.2 Å². The smallest absolute Gasteiger partial charge is 0.263 e. The van der Waals surface area contributed by atoms with E-state index in [0.717, 1.165) is 21.9 Å². The van der Waals surface area contributed by atoms with Gasteiger partial charge >= 0.3 is 0 Å². The number of hydrogen-bond acceptors (Lipinski definition) is 5. The van der Waals surface area contributed by atoms with Gasteiger partial charge in [0.25, 0.3) is 5.91 Å². The monoisotopic (exact) mass is 305 g/mol. The van der Waals surface area contributed by atoms with Crippen LogP contribution in [0.1, 0.15) is 29.2 Å². The highest BCUT2D eigenvalue weighted by atomic mass is 32.2. The first-order valence-corrected chi connectivity index (χ1v) is 8.49. The normalized spacial score (nSPS) is 11.7. The highest BCUT2D eigenvalue weighted by Crippen LogP contribution is 2.26. The molecular weight excluding hydrogens is 286 g/mol. The molecule has 1 rings (SSSR count). The molecule has 0 aromatic carbocycles. The molecule has 19 heavy (non-hydrogen) atoms. The summed E-state index contributed by atoms with van der Waals surface area (Å²) in [6.07, 6.45) is 1.10. The lowest BCUT2D eigenvalue weighted by Crippen LogP contribution is -2.27. The molecule has 6 nitrogen and oxygen atoms in total. The molecule has 0 bridgehead atoms. The molecule has 0 spiro atoms. The highest BCUT2D eigenvalue weighted by Gasteiger charge is 2.21. The first-order chi connectivity index (χ1) is 8.62. The zero-order chi connectivity index (χ0) is 14.8. The van der Waals surface area contributed by atoms with Crippen molar-refractivity contribution >= 4 is 32.4 Å². The number of nitrogens with zero attached hydrogens (tertiary/aromatic N) is 2. The minimum atomic E-state index is -3.36. The maximum absolute atomic E-state index is 11.9. The molecule has 0 aliphatic rings. The Balaban J connectivity index is 2.94. The summed E-state index contributed by atoms with van der Waals surface area (Å²) < 4.78 is 23.9. The van der Waals surface area contributed by atoms with Crippen molar-refractivity contribution in [1.29, 1.82) is 0 Å². The summed E-state index contributed by atoms with van der Waals surface area (Å²) in [4.78, 5) is 16.5. The van der Waals surface area contributed by atoms with Gasteiger partial charge in [0.05, 0.1) is 11.9 Å². The first-order valence-electron chi connectivity index (χ1n) is 5.82. The number of anilines is 1. The van der Waals surface area contributed by atoms with E-state index in [0.29, 0.717) is 28.2 Å². The standard InChI is InChI=1S/C11H19N3O3S2/c1-7(2)6-12-10(15)9-8(3)13-11(18-9)14(4)19(5,16)17/h7H,6H2,1-5H3,(H,12,15). The molecule has 8 heteroatoms. The van der Waals surface area contributed by atoms with E-state index < -0.39 is 10.0 Å². The molecule has 1 aromatic heterocycles. The lowest BCUT2D eigenvalue weighted by atomic mass is 10.2. The van der Waals surface area contributed by atoms with Gasteiger partial charge in [0.1, 0.15) is 4.88 Å². The van der Waals surface area contributed by atoms with Crippen molar-refractivity contribution in [3.63, 3.8) is 0 Å². The topological polar surface area (TPSA) is 79.4 Å². The van der Waals surface area contributed by atoms with Crippen LogP contribution in [0.3, 0.4) is 0 Å². The van der Waals surface area contributed by atoms with Crippen LogP contribution in [0.5, 0.6) is 0 Å². The van der Waals surface area contributed by atoms with Gasteiger partial charge < -0.3 is 5.32 Å². The number of thiazole rings is 1. The van der Waals surface area contributed by atoms with Gasteiger partial charge in [-0.2, -0.15) is 0 Å². The zero-order valence-corrected chi connectivity index (χ0v) is 13.4. The largest absolute Gasteiger partial charge is 0.351 e. The third kappa shape index (κ3) is 4.17. The Morgan fingerprint density at radius 2 is 2.05 bits per heavy atom. The third-order valence-corrected chi connectivity index (χ3v) is 4.95. The maximum Gasteiger partial charge on any atom is 0.263 e. The molecule has 0 radical (unpaired) electrons. The molecule has 108 valence electrons. The van der Waals surface area contributed by atoms with Crippen LogP contribution in [0.2, 0.25) is 0 Å². The van der Waals surface area contributed by atoms with Crippen LogP contribution in [0.25, 0.3) is 0 Å². The van der Waals surface area contributed by atoms with E-state index in [9.17, 15) is 13.2 Å². The minimum absolute atomic E-state index is 0.211. The van der Waals surface area contributed by atoms with Crippen molar-refractivity contribution in [2.75, 3.05) is 24.2 Å². The average molecular weight is 305 g/mol. The summed E-state index contributed by atoms with van der Waals surface area (Å²) in [6.45, 7) is 6.28. The Bertz CT molecular complexity index is 564. The van der Waals surface area contributed by atoms with Crippen LogP contribution < -0.4 is 9.62 Å². The molecule has 0 unspecified atom stereocenters. The summed E-state index contributed by atoms with van der Waals surface area (Å²) in [5.41, 5.74) is 0.539. The molecule has 0 aliphatic heterocycles. The molecule has 0 aliphatic carbocycles. The second-order valence-electron chi connectivity index (χ2n) is 4.75. The Kier molecular flexibility index (Phi) is 4.92. The van der Waals surface area contributed by atoms with Crippen molar-refractivity contribution in [3.8, 4) is 0 Å². The van der Waals surface area contributed by atoms with Gasteiger partial charge in [0.2, 0.25) is 10.0 Å². The Labute approximate surface area is 117 Å². The molecule has 0 saturated carbocycles. The van der Waals surface area contributed by atoms with Crippen molar-refractivity contribution in [2.24, 2.45) is 5.92 Å². The molecule has 1 heterocycles. The summed E-state index contributed by atoms with van der Waals surface area (Å²) in [6, 6.07) is 0. The predicted molar refractivity (Wildman–Crippen MR) is 77.3 cm³/mol. The van der Waals surface area contributed by atoms with Crippen LogP contribution in [0.4, 0.5) is 5.13 Å². The zero-order valence-electron chi connectivity index (χ0n) is 11.7. The summed E-state index contributed by atoms with van der Waals surface area (Å²) in [5.74, 6) is 0.146. The number of carbonyl (C=O) groups excluding carboxylic acids is 1. The summed E-state index contributed by atoms with van der Waals surface area (Å²) >= 11 is 1.08. The Hall–Kier alpha value is -1.15. The lowest BCUT2D eigenvalue weighted by Gasteiger charge is -2.11. The fourth-order valence-electron chi connectivity index (χ4n) is 1.25. The van der Waals surface area contributed by atoms with Gasteiger partial charge in [-0.3, -0.25) is 4.79 Å². The van der Waals surface area contributed by atoms with E-state index in [4.69, 9.17) is 0 Å². The number of amides is 1. The number of sulfonamides is 1. The number of aryl methyl sites for hydroxylation is 1. The molecular formula is C11H19N3O3S2. The number of carbonyl (C=O) groups is 1. The SMILES string of the molecule is Cc1nc(N(C)S(C)(=O)=O)sc1C(=O)NCC(C)C. The van der Waals surface area contributed by atoms with Crippen molar-refractivity contribution in [2.45, 2.75) is 20.8 Å². The van der Waals surface area contributed by atoms with E-state index in [1.165, 1.54) is 7.05 Å². The van der Waals surface area contributed by atoms with Gasteiger partial charge in [0, 0.05) is 13.6 Å². The molecule has 1 N–H and O–H groups in total. The Morgan fingerprint density at radius 1 is 1.47 bits per heavy atom. The average Bonchev–Trinajstić information content (AvgIpc) is 2.65. The molecule has 0 saturated heterocycles. The van der Waals surface area contributed by atoms with Crippen molar-refractivity contribution in [3.05, 3.63) is 10.6 Å². The van der Waals surface area contributed by atoms with Gasteiger partial charge in [-0.1, -0.05) is 25.2 Å². The number of hydrogen-bond donors (Lipinski definition) is 1. The van der Waals surface area contributed by atoms with Crippen molar-refractivity contribution in [1.82, 2.24) is 10.3 Å². The number of aromatic nitrogens is 1. The second-order valence-corrected chi connectivity index (χ2v) is 7.74. The van der Waals surface area contributed by atoms with E-state index in [1.807, 2.05) is 13.8 Å². The van der Waals surface area contributed by atoms with Crippen molar-refractivity contribution < 1.29 is 13.2 Å². The molecule has 1 aromatic rings. The quantitative estimate of drug-likeness (QED) is 0.887. The lowest BCUT2D eigenvalue weighted by molar-refractivity contribution is 0.0952. The number of rotatable bonds is 5. The van der Waals surface area contributed by atoms with Gasteiger partial charge in [0.15, 0.2) is 5.13 Å². The summed E-state index contributed by atoms with van der Waals surface area (Å²) in [5, 5.41) is 3.09. The fraction of sp³-hybridized carbons (Fsp3) is 0.636. The maximum atomic E-state index is 11.9. The van der Waals surface area contributed by atoms with E-state index in [1.54, 1.807) is 6.92 Å². The second kappa shape index (κ2) is 5.87. The van der Waals surface area contributed by atoms with Crippen LogP contribution >= 0.6 is 11.3 Å². The fourth-order valence-corrected chi connectivity index (χ4v) is 2.94. The van der Waals surface area contributed by atoms with Gasteiger partial charge in [-0.25, -0.2) is 17.7 Å². The van der Waals surface area contributed by atoms with Gasteiger partial charge in [-0.05, 0) is 12.8 Å². The first kappa shape index (κ1) is 15.9. The van der Waals surface area contributed by atoms with Crippen LogP contribution in [0.15, 0.2) is 0 Å². The molecule has 0 fully saturated rings. The van der Waals surface area contributed by atoms with E-state index in [2.05, 4.69) is 10.3 Å². The van der Waals surface area contributed by atoms with E-state index in [-0.39, 0.29) is 5.91 Å². The van der Waals surface area contributed by atoms with Crippen LogP contribution in [0, 0.1) is 12.8 Å². The molecule has 0 atom stereocenters. The predicted octanol–water partition coefficient (Wildman–Crippen LogP) is 1.23. The highest BCUT2D eigenvalue weighted by molar-refractivity contribution is 7.92. The minimum Gasteiger partial charge on any atom is -0.351 e. The van der Waals surface area contributed by atoms with Gasteiger partial charge in [-0.15, -0.1) is 0 Å². The molecule has 1 amide bonds. The third-order valence-electron chi connectivity index (χ3n) is 2.43. The van der Waals surface area contributed by atoms with Crippen LogP contribution in [-0.2, 0) is 10.0 Å². The number of nitrogens with one attached hydrogen (secondary N) is 1. The summed E-state index contributed by atoms with van der Waals surface area (Å²) in [7, 11) is -1.94. The van der Waals surface area contributed by atoms with E-state index >= 15 is 0 Å². The Morgan fingerprint density at radius 3 is 2.53 bits per heavy atom.